The monoisotopic (exact) mass is 407 g/mol. The first kappa shape index (κ1) is 19.9. The third-order valence-corrected chi connectivity index (χ3v) is 5.30. The van der Waals surface area contributed by atoms with E-state index in [4.69, 9.17) is 4.74 Å². The SMILES string of the molecule is COCC(=O)N(Cc1ccc(F)cc1)Cc1cc2ccc(C)c(C)c2n2nnnc12. The van der Waals surface area contributed by atoms with Crippen LogP contribution in [-0.4, -0.2) is 44.6 Å². The van der Waals surface area contributed by atoms with Gasteiger partial charge in [-0.3, -0.25) is 4.79 Å². The fourth-order valence-corrected chi connectivity index (χ4v) is 3.59. The highest BCUT2D eigenvalue weighted by atomic mass is 19.1. The molecular formula is C22H22FN5O2. The first-order chi connectivity index (χ1) is 14.5. The summed E-state index contributed by atoms with van der Waals surface area (Å²) in [5.41, 5.74) is 5.46. The van der Waals surface area contributed by atoms with Gasteiger partial charge in [0.05, 0.1) is 5.52 Å². The van der Waals surface area contributed by atoms with Crippen LogP contribution >= 0.6 is 0 Å². The van der Waals surface area contributed by atoms with Gasteiger partial charge in [0, 0.05) is 31.1 Å². The van der Waals surface area contributed by atoms with Gasteiger partial charge in [0.1, 0.15) is 12.4 Å². The summed E-state index contributed by atoms with van der Waals surface area (Å²) in [6, 6.07) is 12.2. The lowest BCUT2D eigenvalue weighted by Crippen LogP contribution is -2.33. The number of pyridine rings is 1. The number of rotatable bonds is 6. The Morgan fingerprint density at radius 1 is 1.13 bits per heavy atom. The van der Waals surface area contributed by atoms with Crippen LogP contribution in [0.3, 0.4) is 0 Å². The van der Waals surface area contributed by atoms with E-state index in [0.29, 0.717) is 18.7 Å². The van der Waals surface area contributed by atoms with Gasteiger partial charge in [0.25, 0.3) is 0 Å². The van der Waals surface area contributed by atoms with Crippen molar-refractivity contribution in [3.63, 3.8) is 0 Å². The molecule has 0 fully saturated rings. The highest BCUT2D eigenvalue weighted by Crippen LogP contribution is 2.25. The van der Waals surface area contributed by atoms with E-state index in [2.05, 4.69) is 21.6 Å². The molecule has 0 unspecified atom stereocenters. The maximum atomic E-state index is 13.3. The van der Waals surface area contributed by atoms with Crippen LogP contribution in [0, 0.1) is 19.7 Å². The molecule has 0 radical (unpaired) electrons. The molecule has 0 N–H and O–H groups in total. The second kappa shape index (κ2) is 8.16. The van der Waals surface area contributed by atoms with Gasteiger partial charge >= 0.3 is 0 Å². The number of halogens is 1. The maximum absolute atomic E-state index is 13.3. The second-order valence-corrected chi connectivity index (χ2v) is 7.34. The number of ether oxygens (including phenoxy) is 1. The Hall–Kier alpha value is -3.39. The highest BCUT2D eigenvalue weighted by molar-refractivity contribution is 5.87. The summed E-state index contributed by atoms with van der Waals surface area (Å²) in [5.74, 6) is -0.488. The number of tetrazole rings is 1. The predicted molar refractivity (Wildman–Crippen MR) is 110 cm³/mol. The van der Waals surface area contributed by atoms with E-state index in [-0.39, 0.29) is 18.3 Å². The van der Waals surface area contributed by atoms with Crippen LogP contribution in [0.15, 0.2) is 42.5 Å². The van der Waals surface area contributed by atoms with Gasteiger partial charge in [-0.25, -0.2) is 4.39 Å². The van der Waals surface area contributed by atoms with E-state index in [1.54, 1.807) is 21.5 Å². The Kier molecular flexibility index (Phi) is 5.41. The van der Waals surface area contributed by atoms with Crippen molar-refractivity contribution in [2.75, 3.05) is 13.7 Å². The van der Waals surface area contributed by atoms with E-state index in [1.807, 2.05) is 26.0 Å². The van der Waals surface area contributed by atoms with Gasteiger partial charge in [-0.05, 0) is 59.2 Å². The molecule has 0 aliphatic heterocycles. The number of hydrogen-bond acceptors (Lipinski definition) is 5. The zero-order valence-electron chi connectivity index (χ0n) is 17.1. The van der Waals surface area contributed by atoms with Gasteiger partial charge in [-0.1, -0.05) is 24.3 Å². The Balaban J connectivity index is 1.76. The minimum atomic E-state index is -0.315. The molecule has 0 spiro atoms. The van der Waals surface area contributed by atoms with Crippen molar-refractivity contribution in [2.24, 2.45) is 0 Å². The summed E-state index contributed by atoms with van der Waals surface area (Å²) < 4.78 is 20.1. The molecular weight excluding hydrogens is 385 g/mol. The van der Waals surface area contributed by atoms with Crippen molar-refractivity contribution < 1.29 is 13.9 Å². The lowest BCUT2D eigenvalue weighted by atomic mass is 10.0. The highest BCUT2D eigenvalue weighted by Gasteiger charge is 2.19. The van der Waals surface area contributed by atoms with E-state index >= 15 is 0 Å². The number of fused-ring (bicyclic) bond motifs is 3. The normalized spacial score (nSPS) is 11.3. The zero-order valence-corrected chi connectivity index (χ0v) is 17.1. The molecule has 0 saturated carbocycles. The van der Waals surface area contributed by atoms with Crippen molar-refractivity contribution in [3.8, 4) is 0 Å². The first-order valence-electron chi connectivity index (χ1n) is 9.59. The fourth-order valence-electron chi connectivity index (χ4n) is 3.59. The standard InChI is InChI=1S/C22H22FN5O2/c1-14-4-7-17-10-18(22-24-25-26-28(22)21(17)15(14)2)12-27(20(29)13-30-3)11-16-5-8-19(23)9-6-16/h4-10H,11-13H2,1-3H3. The van der Waals surface area contributed by atoms with E-state index in [1.165, 1.54) is 19.2 Å². The van der Waals surface area contributed by atoms with Crippen LogP contribution < -0.4 is 0 Å². The average molecular weight is 407 g/mol. The second-order valence-electron chi connectivity index (χ2n) is 7.34. The van der Waals surface area contributed by atoms with E-state index in [0.717, 1.165) is 33.2 Å². The predicted octanol–water partition coefficient (Wildman–Crippen LogP) is 3.21. The number of amides is 1. The quantitative estimate of drug-likeness (QED) is 0.491. The molecule has 30 heavy (non-hydrogen) atoms. The van der Waals surface area contributed by atoms with Crippen LogP contribution in [0.5, 0.6) is 0 Å². The average Bonchev–Trinajstić information content (AvgIpc) is 3.22. The number of aromatic nitrogens is 4. The molecule has 0 aliphatic rings. The minimum absolute atomic E-state index is 0.0473. The molecule has 2 aromatic carbocycles. The summed E-state index contributed by atoms with van der Waals surface area (Å²) in [6.45, 7) is 4.66. The Bertz CT molecular complexity index is 1220. The summed E-state index contributed by atoms with van der Waals surface area (Å²) in [5, 5.41) is 13.2. The number of carbonyl (C=O) groups excluding carboxylic acids is 1. The maximum Gasteiger partial charge on any atom is 0.249 e. The molecule has 154 valence electrons. The molecule has 4 rings (SSSR count). The Morgan fingerprint density at radius 3 is 2.63 bits per heavy atom. The van der Waals surface area contributed by atoms with Crippen molar-refractivity contribution in [3.05, 3.63) is 70.5 Å². The number of nitrogens with zero attached hydrogens (tertiary/aromatic N) is 5. The van der Waals surface area contributed by atoms with Crippen LogP contribution in [0.4, 0.5) is 4.39 Å². The Morgan fingerprint density at radius 2 is 1.90 bits per heavy atom. The first-order valence-corrected chi connectivity index (χ1v) is 9.59. The number of aryl methyl sites for hydroxylation is 2. The van der Waals surface area contributed by atoms with Gasteiger partial charge < -0.3 is 9.64 Å². The molecule has 7 nitrogen and oxygen atoms in total. The smallest absolute Gasteiger partial charge is 0.249 e. The molecule has 2 heterocycles. The molecule has 2 aromatic heterocycles. The van der Waals surface area contributed by atoms with Gasteiger partial charge in [-0.2, -0.15) is 4.52 Å². The molecule has 0 bridgehead atoms. The topological polar surface area (TPSA) is 72.6 Å². The van der Waals surface area contributed by atoms with E-state index in [9.17, 15) is 9.18 Å². The van der Waals surface area contributed by atoms with Crippen molar-refractivity contribution in [2.45, 2.75) is 26.9 Å². The number of carbonyl (C=O) groups is 1. The summed E-state index contributed by atoms with van der Waals surface area (Å²) in [6.07, 6.45) is 0. The van der Waals surface area contributed by atoms with E-state index < -0.39 is 0 Å². The van der Waals surface area contributed by atoms with Gasteiger partial charge in [0.15, 0.2) is 5.65 Å². The van der Waals surface area contributed by atoms with Crippen molar-refractivity contribution in [1.82, 2.24) is 24.9 Å². The van der Waals surface area contributed by atoms with Crippen LogP contribution in [0.1, 0.15) is 22.3 Å². The Labute approximate surface area is 173 Å². The summed E-state index contributed by atoms with van der Waals surface area (Å²) >= 11 is 0. The largest absolute Gasteiger partial charge is 0.375 e. The number of methoxy groups -OCH3 is 1. The third kappa shape index (κ3) is 3.73. The summed E-state index contributed by atoms with van der Waals surface area (Å²) in [7, 11) is 1.48. The molecule has 0 aliphatic carbocycles. The number of hydrogen-bond donors (Lipinski definition) is 0. The zero-order chi connectivity index (χ0) is 21.3. The molecule has 0 saturated heterocycles. The van der Waals surface area contributed by atoms with Crippen LogP contribution in [0.2, 0.25) is 0 Å². The minimum Gasteiger partial charge on any atom is -0.375 e. The lowest BCUT2D eigenvalue weighted by molar-refractivity contribution is -0.136. The molecule has 1 amide bonds. The summed E-state index contributed by atoms with van der Waals surface area (Å²) in [4.78, 5) is 14.4. The molecule has 0 atom stereocenters. The fraction of sp³-hybridized carbons (Fsp3) is 0.273. The van der Waals surface area contributed by atoms with Crippen molar-refractivity contribution >= 4 is 22.5 Å². The van der Waals surface area contributed by atoms with Crippen molar-refractivity contribution in [1.29, 1.82) is 0 Å². The van der Waals surface area contributed by atoms with Gasteiger partial charge in [-0.15, -0.1) is 5.10 Å². The molecule has 4 aromatic rings. The van der Waals surface area contributed by atoms with Gasteiger partial charge in [0.2, 0.25) is 5.91 Å². The third-order valence-electron chi connectivity index (χ3n) is 5.30. The molecule has 8 heteroatoms. The van der Waals surface area contributed by atoms with Crippen LogP contribution in [-0.2, 0) is 22.6 Å². The lowest BCUT2D eigenvalue weighted by Gasteiger charge is -2.23. The van der Waals surface area contributed by atoms with Crippen LogP contribution in [0.25, 0.3) is 16.6 Å². The number of benzene rings is 2.